The smallest absolute Gasteiger partial charge is 0.408 e. The van der Waals surface area contributed by atoms with Gasteiger partial charge in [0.2, 0.25) is 0 Å². The first-order chi connectivity index (χ1) is 10.7. The van der Waals surface area contributed by atoms with Crippen molar-refractivity contribution in [1.29, 1.82) is 0 Å². The van der Waals surface area contributed by atoms with Crippen molar-refractivity contribution in [2.75, 3.05) is 0 Å². The van der Waals surface area contributed by atoms with Crippen LogP contribution >= 0.6 is 0 Å². The summed E-state index contributed by atoms with van der Waals surface area (Å²) in [6, 6.07) is 12.8. The monoisotopic (exact) mass is 315 g/mol. The standard InChI is InChI=1S/C18H21NO4/c1-18(2,3)23-17(22)19-15(11-16(20)21)14-9-8-12-6-4-5-7-13(12)10-14/h4-10,15H,11H2,1-3H3,(H,19,22)(H,20,21)/t15-/m1/s1. The quantitative estimate of drug-likeness (QED) is 0.897. The summed E-state index contributed by atoms with van der Waals surface area (Å²) in [6.45, 7) is 5.28. The molecule has 0 aromatic heterocycles. The van der Waals surface area contributed by atoms with Crippen LogP contribution in [0.3, 0.4) is 0 Å². The molecule has 0 aliphatic rings. The van der Waals surface area contributed by atoms with Gasteiger partial charge in [0.05, 0.1) is 12.5 Å². The van der Waals surface area contributed by atoms with Gasteiger partial charge in [-0.15, -0.1) is 0 Å². The van der Waals surface area contributed by atoms with Crippen molar-refractivity contribution < 1.29 is 19.4 Å². The third-order valence-corrected chi connectivity index (χ3v) is 3.25. The molecule has 1 amide bonds. The molecule has 2 N–H and O–H groups in total. The maximum absolute atomic E-state index is 12.0. The summed E-state index contributed by atoms with van der Waals surface area (Å²) in [5.41, 5.74) is 0.0956. The predicted octanol–water partition coefficient (Wildman–Crippen LogP) is 3.88. The van der Waals surface area contributed by atoms with E-state index in [4.69, 9.17) is 9.84 Å². The van der Waals surface area contributed by atoms with E-state index in [2.05, 4.69) is 5.32 Å². The Bertz CT molecular complexity index is 718. The number of aliphatic carboxylic acids is 1. The van der Waals surface area contributed by atoms with E-state index in [1.807, 2.05) is 42.5 Å². The van der Waals surface area contributed by atoms with Crippen LogP contribution in [0.5, 0.6) is 0 Å². The Hall–Kier alpha value is -2.56. The van der Waals surface area contributed by atoms with E-state index in [-0.39, 0.29) is 6.42 Å². The molecule has 0 aliphatic heterocycles. The second-order valence-corrected chi connectivity index (χ2v) is 6.40. The number of carboxylic acid groups (broad SMARTS) is 1. The molecule has 0 unspecified atom stereocenters. The van der Waals surface area contributed by atoms with E-state index in [1.54, 1.807) is 20.8 Å². The Morgan fingerprint density at radius 1 is 1.13 bits per heavy atom. The first-order valence-corrected chi connectivity index (χ1v) is 7.44. The number of hydrogen-bond acceptors (Lipinski definition) is 3. The highest BCUT2D eigenvalue weighted by atomic mass is 16.6. The molecule has 0 saturated carbocycles. The average molecular weight is 315 g/mol. The van der Waals surface area contributed by atoms with E-state index < -0.39 is 23.7 Å². The normalized spacial score (nSPS) is 12.7. The van der Waals surface area contributed by atoms with Gasteiger partial charge in [-0.1, -0.05) is 36.4 Å². The number of rotatable bonds is 4. The lowest BCUT2D eigenvalue weighted by Gasteiger charge is -2.23. The number of carboxylic acids is 1. The van der Waals surface area contributed by atoms with E-state index in [9.17, 15) is 9.59 Å². The van der Waals surface area contributed by atoms with Crippen molar-refractivity contribution in [2.24, 2.45) is 0 Å². The molecule has 0 fully saturated rings. The molecule has 2 aromatic rings. The van der Waals surface area contributed by atoms with Gasteiger partial charge in [-0.05, 0) is 43.2 Å². The highest BCUT2D eigenvalue weighted by molar-refractivity contribution is 5.83. The Labute approximate surface area is 135 Å². The van der Waals surface area contributed by atoms with Gasteiger partial charge in [0.25, 0.3) is 0 Å². The number of amides is 1. The van der Waals surface area contributed by atoms with Gasteiger partial charge in [0, 0.05) is 0 Å². The second-order valence-electron chi connectivity index (χ2n) is 6.40. The number of hydrogen-bond donors (Lipinski definition) is 2. The molecule has 122 valence electrons. The zero-order valence-corrected chi connectivity index (χ0v) is 13.5. The van der Waals surface area contributed by atoms with Crippen molar-refractivity contribution >= 4 is 22.8 Å². The van der Waals surface area contributed by atoms with Crippen LogP contribution in [-0.4, -0.2) is 22.8 Å². The number of ether oxygens (including phenoxy) is 1. The molecular formula is C18H21NO4. The molecule has 23 heavy (non-hydrogen) atoms. The summed E-state index contributed by atoms with van der Waals surface area (Å²) >= 11 is 0. The first-order valence-electron chi connectivity index (χ1n) is 7.44. The highest BCUT2D eigenvalue weighted by Crippen LogP contribution is 2.23. The highest BCUT2D eigenvalue weighted by Gasteiger charge is 2.22. The fourth-order valence-corrected chi connectivity index (χ4v) is 2.30. The van der Waals surface area contributed by atoms with Crippen molar-refractivity contribution in [3.63, 3.8) is 0 Å². The number of alkyl carbamates (subject to hydrolysis) is 1. The molecule has 0 aliphatic carbocycles. The van der Waals surface area contributed by atoms with E-state index in [1.165, 1.54) is 0 Å². The van der Waals surface area contributed by atoms with Crippen molar-refractivity contribution in [2.45, 2.75) is 38.8 Å². The third-order valence-electron chi connectivity index (χ3n) is 3.25. The minimum absolute atomic E-state index is 0.211. The summed E-state index contributed by atoms with van der Waals surface area (Å²) in [7, 11) is 0. The minimum Gasteiger partial charge on any atom is -0.481 e. The SMILES string of the molecule is CC(C)(C)OC(=O)N[C@H](CC(=O)O)c1ccc2ccccc2c1. The van der Waals surface area contributed by atoms with E-state index in [0.717, 1.165) is 16.3 Å². The maximum atomic E-state index is 12.0. The van der Waals surface area contributed by atoms with Crippen molar-refractivity contribution in [1.82, 2.24) is 5.32 Å². The summed E-state index contributed by atoms with van der Waals surface area (Å²) in [5, 5.41) is 13.8. The largest absolute Gasteiger partial charge is 0.481 e. The van der Waals surface area contributed by atoms with E-state index in [0.29, 0.717) is 0 Å². The topological polar surface area (TPSA) is 75.6 Å². The third kappa shape index (κ3) is 4.98. The van der Waals surface area contributed by atoms with Crippen molar-refractivity contribution in [3.05, 3.63) is 48.0 Å². The fourth-order valence-electron chi connectivity index (χ4n) is 2.30. The lowest BCUT2D eigenvalue weighted by Crippen LogP contribution is -2.35. The lowest BCUT2D eigenvalue weighted by molar-refractivity contribution is -0.137. The van der Waals surface area contributed by atoms with Gasteiger partial charge in [0.1, 0.15) is 5.60 Å². The van der Waals surface area contributed by atoms with Crippen LogP contribution in [-0.2, 0) is 9.53 Å². The summed E-state index contributed by atoms with van der Waals surface area (Å²) < 4.78 is 5.22. The van der Waals surface area contributed by atoms with Crippen LogP contribution < -0.4 is 5.32 Å². The van der Waals surface area contributed by atoms with Gasteiger partial charge in [-0.3, -0.25) is 4.79 Å². The van der Waals surface area contributed by atoms with Crippen molar-refractivity contribution in [3.8, 4) is 0 Å². The molecule has 2 aromatic carbocycles. The Morgan fingerprint density at radius 2 is 1.78 bits per heavy atom. The molecule has 1 atom stereocenters. The first kappa shape index (κ1) is 16.8. The molecule has 2 rings (SSSR count). The Kier molecular flexibility index (Phi) is 4.89. The van der Waals surface area contributed by atoms with Crippen LogP contribution in [0, 0.1) is 0 Å². The number of carbonyl (C=O) groups excluding carboxylic acids is 1. The summed E-state index contributed by atoms with van der Waals surface area (Å²) in [6.07, 6.45) is -0.839. The van der Waals surface area contributed by atoms with Gasteiger partial charge in [-0.2, -0.15) is 0 Å². The molecule has 0 heterocycles. The Balaban J connectivity index is 2.25. The second kappa shape index (κ2) is 6.69. The molecular weight excluding hydrogens is 294 g/mol. The maximum Gasteiger partial charge on any atom is 0.408 e. The number of fused-ring (bicyclic) bond motifs is 1. The molecule has 0 saturated heterocycles. The van der Waals surface area contributed by atoms with Gasteiger partial charge >= 0.3 is 12.1 Å². The number of benzene rings is 2. The predicted molar refractivity (Wildman–Crippen MR) is 88.3 cm³/mol. The van der Waals surface area contributed by atoms with Crippen LogP contribution in [0.1, 0.15) is 38.8 Å². The Morgan fingerprint density at radius 3 is 2.39 bits per heavy atom. The summed E-state index contributed by atoms with van der Waals surface area (Å²) in [4.78, 5) is 23.1. The number of carbonyl (C=O) groups is 2. The minimum atomic E-state index is -0.987. The molecule has 0 bridgehead atoms. The molecule has 5 nitrogen and oxygen atoms in total. The summed E-state index contributed by atoms with van der Waals surface area (Å²) in [5.74, 6) is -0.987. The molecule has 0 spiro atoms. The van der Waals surface area contributed by atoms with Gasteiger partial charge < -0.3 is 15.2 Å². The average Bonchev–Trinajstić information content (AvgIpc) is 2.43. The number of nitrogens with one attached hydrogen (secondary N) is 1. The van der Waals surface area contributed by atoms with Crippen LogP contribution in [0.15, 0.2) is 42.5 Å². The molecule has 0 radical (unpaired) electrons. The van der Waals surface area contributed by atoms with E-state index >= 15 is 0 Å². The molecule has 5 heteroatoms. The van der Waals surface area contributed by atoms with Crippen LogP contribution in [0.4, 0.5) is 4.79 Å². The van der Waals surface area contributed by atoms with Crippen LogP contribution in [0.25, 0.3) is 10.8 Å². The zero-order chi connectivity index (χ0) is 17.0. The van der Waals surface area contributed by atoms with Crippen LogP contribution in [0.2, 0.25) is 0 Å². The lowest BCUT2D eigenvalue weighted by atomic mass is 10.00. The van der Waals surface area contributed by atoms with Gasteiger partial charge in [-0.25, -0.2) is 4.79 Å². The zero-order valence-electron chi connectivity index (χ0n) is 13.5. The van der Waals surface area contributed by atoms with Gasteiger partial charge in [0.15, 0.2) is 0 Å². The fraction of sp³-hybridized carbons (Fsp3) is 0.333.